The van der Waals surface area contributed by atoms with Crippen molar-refractivity contribution in [2.45, 2.75) is 13.1 Å². The fraction of sp³-hybridized carbons (Fsp3) is 0.100. The molecular formula is C20H17ClN6O2. The maximum atomic E-state index is 12.4. The number of benzene rings is 1. The van der Waals surface area contributed by atoms with Gasteiger partial charge in [0.15, 0.2) is 0 Å². The molecule has 3 heterocycles. The zero-order valence-corrected chi connectivity index (χ0v) is 16.0. The Hall–Kier alpha value is -3.65. The summed E-state index contributed by atoms with van der Waals surface area (Å²) in [6.45, 7) is 0.494. The normalized spacial score (nSPS) is 10.8. The van der Waals surface area contributed by atoms with Gasteiger partial charge in [-0.15, -0.1) is 0 Å². The molecule has 4 aromatic rings. The summed E-state index contributed by atoms with van der Waals surface area (Å²) in [4.78, 5) is 35.9. The highest BCUT2D eigenvalue weighted by Gasteiger charge is 2.12. The molecular weight excluding hydrogens is 392 g/mol. The number of nitrogens with zero attached hydrogens (tertiary/aromatic N) is 3. The van der Waals surface area contributed by atoms with E-state index in [2.05, 4.69) is 25.6 Å². The number of carbonyl (C=O) groups excluding carboxylic acids is 1. The molecule has 0 saturated heterocycles. The fourth-order valence-electron chi connectivity index (χ4n) is 2.89. The molecule has 1 aromatic carbocycles. The molecule has 0 aliphatic carbocycles. The van der Waals surface area contributed by atoms with E-state index in [-0.39, 0.29) is 18.0 Å². The Morgan fingerprint density at radius 3 is 2.79 bits per heavy atom. The number of anilines is 2. The van der Waals surface area contributed by atoms with Crippen LogP contribution in [0.2, 0.25) is 5.02 Å². The first kappa shape index (κ1) is 18.7. The SMILES string of the molecule is O=C(Cn1ccc2c(=O)[nH]c(NCc3ccccc3)nc21)Nc1ccncc1Cl. The van der Waals surface area contributed by atoms with E-state index in [4.69, 9.17) is 11.6 Å². The van der Waals surface area contributed by atoms with Crippen LogP contribution >= 0.6 is 11.6 Å². The van der Waals surface area contributed by atoms with Gasteiger partial charge < -0.3 is 15.2 Å². The maximum Gasteiger partial charge on any atom is 0.261 e. The van der Waals surface area contributed by atoms with Crippen molar-refractivity contribution in [2.24, 2.45) is 0 Å². The highest BCUT2D eigenvalue weighted by atomic mass is 35.5. The zero-order chi connectivity index (χ0) is 20.2. The fourth-order valence-corrected chi connectivity index (χ4v) is 3.06. The van der Waals surface area contributed by atoms with Gasteiger partial charge in [-0.3, -0.25) is 19.6 Å². The number of hydrogen-bond acceptors (Lipinski definition) is 5. The number of amides is 1. The van der Waals surface area contributed by atoms with Crippen molar-refractivity contribution in [3.05, 3.63) is 82.0 Å². The Labute approximate surface area is 170 Å². The predicted octanol–water partition coefficient (Wildman–Crippen LogP) is 3.02. The second-order valence-electron chi connectivity index (χ2n) is 6.34. The van der Waals surface area contributed by atoms with Gasteiger partial charge in [0.25, 0.3) is 5.56 Å². The highest BCUT2D eigenvalue weighted by Crippen LogP contribution is 2.19. The summed E-state index contributed by atoms with van der Waals surface area (Å²) in [6, 6.07) is 13.0. The third-order valence-electron chi connectivity index (χ3n) is 4.29. The van der Waals surface area contributed by atoms with Crippen molar-refractivity contribution in [1.29, 1.82) is 0 Å². The van der Waals surface area contributed by atoms with Crippen LogP contribution in [-0.2, 0) is 17.9 Å². The summed E-state index contributed by atoms with van der Waals surface area (Å²) < 4.78 is 1.61. The van der Waals surface area contributed by atoms with Gasteiger partial charge in [-0.1, -0.05) is 41.9 Å². The van der Waals surface area contributed by atoms with Crippen LogP contribution < -0.4 is 16.2 Å². The van der Waals surface area contributed by atoms with Crippen LogP contribution in [-0.4, -0.2) is 25.4 Å². The number of hydrogen-bond donors (Lipinski definition) is 3. The minimum atomic E-state index is -0.295. The molecule has 0 atom stereocenters. The lowest BCUT2D eigenvalue weighted by atomic mass is 10.2. The molecule has 3 aromatic heterocycles. The lowest BCUT2D eigenvalue weighted by Crippen LogP contribution is -2.20. The first-order chi connectivity index (χ1) is 14.1. The molecule has 0 fully saturated rings. The minimum absolute atomic E-state index is 0.0171. The van der Waals surface area contributed by atoms with Gasteiger partial charge in [-0.05, 0) is 17.7 Å². The monoisotopic (exact) mass is 408 g/mol. The van der Waals surface area contributed by atoms with Crippen molar-refractivity contribution >= 4 is 40.2 Å². The first-order valence-electron chi connectivity index (χ1n) is 8.86. The molecule has 0 spiro atoms. The van der Waals surface area contributed by atoms with Gasteiger partial charge >= 0.3 is 0 Å². The van der Waals surface area contributed by atoms with Gasteiger partial charge in [-0.25, -0.2) is 0 Å². The van der Waals surface area contributed by atoms with Gasteiger partial charge in [0.2, 0.25) is 11.9 Å². The van der Waals surface area contributed by atoms with Crippen LogP contribution in [0.1, 0.15) is 5.56 Å². The predicted molar refractivity (Wildman–Crippen MR) is 112 cm³/mol. The van der Waals surface area contributed by atoms with Crippen LogP contribution in [0.25, 0.3) is 11.0 Å². The summed E-state index contributed by atoms with van der Waals surface area (Å²) >= 11 is 6.02. The largest absolute Gasteiger partial charge is 0.352 e. The van der Waals surface area contributed by atoms with Crippen LogP contribution in [0.4, 0.5) is 11.6 Å². The molecule has 8 nitrogen and oxygen atoms in total. The van der Waals surface area contributed by atoms with E-state index in [0.717, 1.165) is 5.56 Å². The maximum absolute atomic E-state index is 12.4. The summed E-state index contributed by atoms with van der Waals surface area (Å²) in [5.41, 5.74) is 1.67. The number of pyridine rings is 1. The highest BCUT2D eigenvalue weighted by molar-refractivity contribution is 6.33. The molecule has 0 bridgehead atoms. The second kappa shape index (κ2) is 8.15. The standard InChI is InChI=1S/C20H17ClN6O2/c21-15-11-22-8-6-16(15)24-17(28)12-27-9-7-14-18(27)25-20(26-19(14)29)23-10-13-4-2-1-3-5-13/h1-9,11H,10,12H2,(H,22,24,28)(H2,23,25,26,29). The van der Waals surface area contributed by atoms with Crippen molar-refractivity contribution in [3.63, 3.8) is 0 Å². The van der Waals surface area contributed by atoms with E-state index in [0.29, 0.717) is 34.2 Å². The number of halogens is 1. The number of H-pyrrole nitrogens is 1. The molecule has 0 radical (unpaired) electrons. The Kier molecular flexibility index (Phi) is 5.26. The summed E-state index contributed by atoms with van der Waals surface area (Å²) in [7, 11) is 0. The molecule has 1 amide bonds. The molecule has 0 saturated carbocycles. The van der Waals surface area contributed by atoms with E-state index in [1.807, 2.05) is 30.3 Å². The third-order valence-corrected chi connectivity index (χ3v) is 4.59. The van der Waals surface area contributed by atoms with Gasteiger partial charge in [0.1, 0.15) is 12.2 Å². The summed E-state index contributed by atoms with van der Waals surface area (Å²) in [5, 5.41) is 6.59. The Balaban J connectivity index is 1.54. The topological polar surface area (TPSA) is 105 Å². The van der Waals surface area contributed by atoms with E-state index in [9.17, 15) is 9.59 Å². The Bertz CT molecular complexity index is 1220. The molecule has 146 valence electrons. The summed E-state index contributed by atoms with van der Waals surface area (Å²) in [6.07, 6.45) is 4.65. The molecule has 3 N–H and O–H groups in total. The summed E-state index contributed by atoms with van der Waals surface area (Å²) in [5.74, 6) is 0.0420. The number of aromatic nitrogens is 4. The number of fused-ring (bicyclic) bond motifs is 1. The molecule has 0 aliphatic heterocycles. The third kappa shape index (κ3) is 4.27. The second-order valence-corrected chi connectivity index (χ2v) is 6.75. The average Bonchev–Trinajstić information content (AvgIpc) is 3.12. The Morgan fingerprint density at radius 1 is 1.17 bits per heavy atom. The van der Waals surface area contributed by atoms with Crippen molar-refractivity contribution < 1.29 is 4.79 Å². The molecule has 0 aliphatic rings. The smallest absolute Gasteiger partial charge is 0.261 e. The molecule has 29 heavy (non-hydrogen) atoms. The van der Waals surface area contributed by atoms with E-state index >= 15 is 0 Å². The first-order valence-corrected chi connectivity index (χ1v) is 9.24. The number of aromatic amines is 1. The van der Waals surface area contributed by atoms with Crippen LogP contribution in [0.3, 0.4) is 0 Å². The van der Waals surface area contributed by atoms with E-state index in [1.54, 1.807) is 29.1 Å². The molecule has 4 rings (SSSR count). The average molecular weight is 409 g/mol. The van der Waals surface area contributed by atoms with Gasteiger partial charge in [-0.2, -0.15) is 4.98 Å². The number of rotatable bonds is 6. The Morgan fingerprint density at radius 2 is 2.00 bits per heavy atom. The van der Waals surface area contributed by atoms with Gasteiger partial charge in [0, 0.05) is 25.1 Å². The quantitative estimate of drug-likeness (QED) is 0.455. The van der Waals surface area contributed by atoms with E-state index < -0.39 is 0 Å². The van der Waals surface area contributed by atoms with Crippen LogP contribution in [0, 0.1) is 0 Å². The molecule has 9 heteroatoms. The van der Waals surface area contributed by atoms with Crippen molar-refractivity contribution in [3.8, 4) is 0 Å². The molecule has 0 unspecified atom stereocenters. The van der Waals surface area contributed by atoms with Crippen molar-refractivity contribution in [1.82, 2.24) is 19.5 Å². The lowest BCUT2D eigenvalue weighted by Gasteiger charge is -2.09. The number of nitrogens with one attached hydrogen (secondary N) is 3. The minimum Gasteiger partial charge on any atom is -0.352 e. The zero-order valence-electron chi connectivity index (χ0n) is 15.2. The van der Waals surface area contributed by atoms with E-state index in [1.165, 1.54) is 6.20 Å². The van der Waals surface area contributed by atoms with Crippen LogP contribution in [0.5, 0.6) is 0 Å². The lowest BCUT2D eigenvalue weighted by molar-refractivity contribution is -0.116. The van der Waals surface area contributed by atoms with Crippen LogP contribution in [0.15, 0.2) is 65.8 Å². The number of carbonyl (C=O) groups is 1. The van der Waals surface area contributed by atoms with Crippen molar-refractivity contribution in [2.75, 3.05) is 10.6 Å². The van der Waals surface area contributed by atoms with Gasteiger partial charge in [0.05, 0.1) is 16.1 Å².